The zero-order valence-electron chi connectivity index (χ0n) is 15.1. The summed E-state index contributed by atoms with van der Waals surface area (Å²) in [6, 6.07) is 5.59. The minimum absolute atomic E-state index is 0.00359. The highest BCUT2D eigenvalue weighted by molar-refractivity contribution is 7.89. The van der Waals surface area contributed by atoms with E-state index in [4.69, 9.17) is 4.74 Å². The summed E-state index contributed by atoms with van der Waals surface area (Å²) in [5.41, 5.74) is 0.472. The second kappa shape index (κ2) is 9.30. The van der Waals surface area contributed by atoms with Crippen molar-refractivity contribution < 1.29 is 27.5 Å². The van der Waals surface area contributed by atoms with E-state index in [0.717, 1.165) is 0 Å². The van der Waals surface area contributed by atoms with E-state index in [9.17, 15) is 22.8 Å². The fourth-order valence-corrected chi connectivity index (χ4v) is 2.99. The molecule has 0 saturated carbocycles. The van der Waals surface area contributed by atoms with Crippen molar-refractivity contribution in [2.24, 2.45) is 0 Å². The van der Waals surface area contributed by atoms with Crippen molar-refractivity contribution in [2.75, 3.05) is 26.0 Å². The van der Waals surface area contributed by atoms with Gasteiger partial charge in [0.15, 0.2) is 6.10 Å². The molecule has 0 radical (unpaired) electrons. The third kappa shape index (κ3) is 6.81. The van der Waals surface area contributed by atoms with Gasteiger partial charge in [0, 0.05) is 33.3 Å². The van der Waals surface area contributed by atoms with Crippen LogP contribution in [0.1, 0.15) is 20.3 Å². The lowest BCUT2D eigenvalue weighted by molar-refractivity contribution is -0.157. The molecule has 1 atom stereocenters. The van der Waals surface area contributed by atoms with Crippen LogP contribution < -0.4 is 10.0 Å². The van der Waals surface area contributed by atoms with E-state index in [1.807, 2.05) is 0 Å². The molecule has 0 aromatic heterocycles. The number of likely N-dealkylation sites (N-methyl/N-ethyl adjacent to an activating group) is 1. The minimum Gasteiger partial charge on any atom is -0.452 e. The topological polar surface area (TPSA) is 122 Å². The van der Waals surface area contributed by atoms with E-state index in [0.29, 0.717) is 5.69 Å². The summed E-state index contributed by atoms with van der Waals surface area (Å²) >= 11 is 0. The maximum atomic E-state index is 12.2. The number of rotatable bonds is 8. The Labute approximate surface area is 152 Å². The van der Waals surface area contributed by atoms with Crippen LogP contribution in [-0.2, 0) is 29.1 Å². The number of benzene rings is 1. The molecule has 0 aliphatic heterocycles. The first-order valence-corrected chi connectivity index (χ1v) is 9.29. The van der Waals surface area contributed by atoms with E-state index in [2.05, 4.69) is 10.0 Å². The van der Waals surface area contributed by atoms with Crippen molar-refractivity contribution in [1.82, 2.24) is 9.62 Å². The van der Waals surface area contributed by atoms with Gasteiger partial charge in [0.1, 0.15) is 0 Å². The van der Waals surface area contributed by atoms with Gasteiger partial charge in [0.2, 0.25) is 15.9 Å². The van der Waals surface area contributed by atoms with Gasteiger partial charge in [-0.25, -0.2) is 13.1 Å². The fraction of sp³-hybridized carbons (Fsp3) is 0.438. The molecule has 1 rings (SSSR count). The average Bonchev–Trinajstić information content (AvgIpc) is 2.53. The van der Waals surface area contributed by atoms with E-state index in [1.165, 1.54) is 57.1 Å². The largest absolute Gasteiger partial charge is 0.452 e. The number of hydrogen-bond acceptors (Lipinski definition) is 6. The molecule has 144 valence electrons. The molecule has 26 heavy (non-hydrogen) atoms. The van der Waals surface area contributed by atoms with Gasteiger partial charge in [-0.3, -0.25) is 14.4 Å². The van der Waals surface area contributed by atoms with Gasteiger partial charge in [-0.05, 0) is 31.2 Å². The Morgan fingerprint density at radius 2 is 1.73 bits per heavy atom. The summed E-state index contributed by atoms with van der Waals surface area (Å²) in [6.07, 6.45) is -1.15. The van der Waals surface area contributed by atoms with Crippen LogP contribution in [0.3, 0.4) is 0 Å². The normalized spacial score (nSPS) is 12.2. The van der Waals surface area contributed by atoms with Crippen molar-refractivity contribution in [1.29, 1.82) is 0 Å². The van der Waals surface area contributed by atoms with Gasteiger partial charge in [0.05, 0.1) is 11.3 Å². The average molecular weight is 385 g/mol. The molecule has 0 fully saturated rings. The van der Waals surface area contributed by atoms with Gasteiger partial charge in [-0.15, -0.1) is 0 Å². The number of carbonyl (C=O) groups is 3. The Hall–Kier alpha value is -2.46. The highest BCUT2D eigenvalue weighted by Gasteiger charge is 2.20. The fourth-order valence-electron chi connectivity index (χ4n) is 1.96. The van der Waals surface area contributed by atoms with Crippen LogP contribution in [0.2, 0.25) is 0 Å². The summed E-state index contributed by atoms with van der Waals surface area (Å²) in [7, 11) is -0.726. The number of carbonyl (C=O) groups excluding carboxylic acids is 3. The van der Waals surface area contributed by atoms with Crippen LogP contribution >= 0.6 is 0 Å². The predicted molar refractivity (Wildman–Crippen MR) is 94.8 cm³/mol. The molecule has 2 N–H and O–H groups in total. The minimum atomic E-state index is -3.81. The number of esters is 1. The molecule has 1 unspecified atom stereocenters. The van der Waals surface area contributed by atoms with Crippen LogP contribution in [0.4, 0.5) is 5.69 Å². The number of anilines is 1. The highest BCUT2D eigenvalue weighted by atomic mass is 32.2. The molecule has 9 nitrogen and oxygen atoms in total. The van der Waals surface area contributed by atoms with Crippen molar-refractivity contribution >= 4 is 33.5 Å². The van der Waals surface area contributed by atoms with Gasteiger partial charge in [-0.1, -0.05) is 0 Å². The summed E-state index contributed by atoms with van der Waals surface area (Å²) in [5.74, 6) is -1.31. The van der Waals surface area contributed by atoms with Gasteiger partial charge < -0.3 is 15.0 Å². The maximum Gasteiger partial charge on any atom is 0.307 e. The molecule has 1 aromatic rings. The molecular formula is C16H23N3O6S. The van der Waals surface area contributed by atoms with Crippen molar-refractivity contribution in [3.05, 3.63) is 24.3 Å². The number of nitrogens with zero attached hydrogens (tertiary/aromatic N) is 1. The number of hydrogen-bond donors (Lipinski definition) is 2. The number of ether oxygens (including phenoxy) is 1. The first-order valence-electron chi connectivity index (χ1n) is 7.81. The lowest BCUT2D eigenvalue weighted by Gasteiger charge is -2.17. The molecule has 1 aromatic carbocycles. The SMILES string of the molecule is CC(=O)Nc1ccc(S(=O)(=O)NCCC(=O)OC(C)C(=O)N(C)C)cc1. The van der Waals surface area contributed by atoms with Crippen LogP contribution in [0.15, 0.2) is 29.2 Å². The molecule has 0 aliphatic rings. The Kier molecular flexibility index (Phi) is 7.72. The van der Waals surface area contributed by atoms with Crippen LogP contribution in [0.5, 0.6) is 0 Å². The van der Waals surface area contributed by atoms with E-state index in [-0.39, 0.29) is 29.7 Å². The molecule has 2 amide bonds. The zero-order valence-corrected chi connectivity index (χ0v) is 15.9. The molecule has 0 aliphatic carbocycles. The second-order valence-electron chi connectivity index (χ2n) is 5.72. The molecule has 0 bridgehead atoms. The van der Waals surface area contributed by atoms with E-state index in [1.54, 1.807) is 0 Å². The first-order chi connectivity index (χ1) is 12.0. The Morgan fingerprint density at radius 1 is 1.15 bits per heavy atom. The number of nitrogens with one attached hydrogen (secondary N) is 2. The second-order valence-corrected chi connectivity index (χ2v) is 7.49. The van der Waals surface area contributed by atoms with Crippen LogP contribution in [0.25, 0.3) is 0 Å². The number of amides is 2. The predicted octanol–water partition coefficient (Wildman–Crippen LogP) is 0.333. The molecule has 10 heteroatoms. The molecule has 0 saturated heterocycles. The van der Waals surface area contributed by atoms with Crippen LogP contribution in [-0.4, -0.2) is 57.8 Å². The summed E-state index contributed by atoms with van der Waals surface area (Å²) < 4.78 is 31.5. The van der Waals surface area contributed by atoms with E-state index >= 15 is 0 Å². The Balaban J connectivity index is 2.54. The lowest BCUT2D eigenvalue weighted by Crippen LogP contribution is -2.35. The summed E-state index contributed by atoms with van der Waals surface area (Å²) in [4.78, 5) is 35.5. The van der Waals surface area contributed by atoms with Gasteiger partial charge >= 0.3 is 5.97 Å². The third-order valence-electron chi connectivity index (χ3n) is 3.20. The third-order valence-corrected chi connectivity index (χ3v) is 4.68. The number of sulfonamides is 1. The standard InChI is InChI=1S/C16H23N3O6S/c1-11(16(22)19(3)4)25-15(21)9-10-17-26(23,24)14-7-5-13(6-8-14)18-12(2)20/h5-8,11,17H,9-10H2,1-4H3,(H,18,20). The Morgan fingerprint density at radius 3 is 2.23 bits per heavy atom. The van der Waals surface area contributed by atoms with Gasteiger partial charge in [0.25, 0.3) is 5.91 Å². The van der Waals surface area contributed by atoms with E-state index < -0.39 is 22.1 Å². The Bertz CT molecular complexity index is 759. The lowest BCUT2D eigenvalue weighted by atomic mass is 10.3. The van der Waals surface area contributed by atoms with Crippen molar-refractivity contribution in [2.45, 2.75) is 31.3 Å². The maximum absolute atomic E-state index is 12.2. The monoisotopic (exact) mass is 385 g/mol. The van der Waals surface area contributed by atoms with Crippen molar-refractivity contribution in [3.63, 3.8) is 0 Å². The quantitative estimate of drug-likeness (QED) is 0.622. The van der Waals surface area contributed by atoms with Crippen molar-refractivity contribution in [3.8, 4) is 0 Å². The summed E-state index contributed by atoms with van der Waals surface area (Å²) in [5, 5.41) is 2.53. The highest BCUT2D eigenvalue weighted by Crippen LogP contribution is 2.14. The first kappa shape index (κ1) is 21.6. The molecule has 0 heterocycles. The molecule has 0 spiro atoms. The molecular weight excluding hydrogens is 362 g/mol. The van der Waals surface area contributed by atoms with Gasteiger partial charge in [-0.2, -0.15) is 0 Å². The smallest absolute Gasteiger partial charge is 0.307 e. The van der Waals surface area contributed by atoms with Crippen LogP contribution in [0, 0.1) is 0 Å². The zero-order chi connectivity index (χ0) is 19.9. The summed E-state index contributed by atoms with van der Waals surface area (Å²) in [6.45, 7) is 2.62.